The van der Waals surface area contributed by atoms with Crippen molar-refractivity contribution in [1.82, 2.24) is 4.90 Å². The van der Waals surface area contributed by atoms with Crippen LogP contribution in [-0.2, 0) is 17.6 Å². The van der Waals surface area contributed by atoms with Crippen LogP contribution in [0.2, 0.25) is 0 Å². The molecular weight excluding hydrogens is 336 g/mol. The number of likely N-dealkylation sites (tertiary alicyclic amines) is 1. The van der Waals surface area contributed by atoms with Gasteiger partial charge < -0.3 is 14.7 Å². The summed E-state index contributed by atoms with van der Waals surface area (Å²) in [6.45, 7) is 7.21. The van der Waals surface area contributed by atoms with Crippen molar-refractivity contribution in [2.45, 2.75) is 63.5 Å². The Morgan fingerprint density at radius 2 is 1.93 bits per heavy atom. The number of anilines is 1. The summed E-state index contributed by atoms with van der Waals surface area (Å²) in [4.78, 5) is 5.23. The highest BCUT2D eigenvalue weighted by Crippen LogP contribution is 2.34. The first-order valence-electron chi connectivity index (χ1n) is 10.9. The molecule has 27 heavy (non-hydrogen) atoms. The minimum atomic E-state index is -0.544. The highest BCUT2D eigenvalue weighted by Gasteiger charge is 2.40. The summed E-state index contributed by atoms with van der Waals surface area (Å²) in [7, 11) is 1.72. The van der Waals surface area contributed by atoms with Crippen LogP contribution in [0.1, 0.15) is 50.2 Å². The van der Waals surface area contributed by atoms with E-state index in [9.17, 15) is 5.11 Å². The quantitative estimate of drug-likeness (QED) is 0.861. The number of aliphatic hydroxyl groups is 1. The summed E-state index contributed by atoms with van der Waals surface area (Å²) >= 11 is 0. The molecule has 0 unspecified atom stereocenters. The number of hydrogen-bond donors (Lipinski definition) is 1. The van der Waals surface area contributed by atoms with Gasteiger partial charge in [0.1, 0.15) is 0 Å². The van der Waals surface area contributed by atoms with Crippen molar-refractivity contribution in [2.24, 2.45) is 5.92 Å². The van der Waals surface area contributed by atoms with E-state index in [1.807, 2.05) is 0 Å². The van der Waals surface area contributed by atoms with Gasteiger partial charge in [-0.25, -0.2) is 0 Å². The number of benzene rings is 1. The number of nitrogens with zero attached hydrogens (tertiary/aromatic N) is 2. The number of piperidine rings is 2. The van der Waals surface area contributed by atoms with Crippen LogP contribution in [0.5, 0.6) is 0 Å². The summed E-state index contributed by atoms with van der Waals surface area (Å²) < 4.78 is 5.20. The van der Waals surface area contributed by atoms with Gasteiger partial charge in [-0.3, -0.25) is 4.90 Å². The van der Waals surface area contributed by atoms with Gasteiger partial charge in [0.15, 0.2) is 0 Å². The van der Waals surface area contributed by atoms with E-state index in [-0.39, 0.29) is 0 Å². The van der Waals surface area contributed by atoms with E-state index in [2.05, 4.69) is 34.9 Å². The van der Waals surface area contributed by atoms with Crippen LogP contribution in [0.3, 0.4) is 0 Å². The zero-order chi connectivity index (χ0) is 18.9. The fourth-order valence-electron chi connectivity index (χ4n) is 5.42. The maximum absolute atomic E-state index is 10.9. The van der Waals surface area contributed by atoms with E-state index in [4.69, 9.17) is 4.74 Å². The van der Waals surface area contributed by atoms with Gasteiger partial charge >= 0.3 is 0 Å². The Kier molecular flexibility index (Phi) is 5.77. The molecular formula is C23H36N2O2. The normalized spacial score (nSPS) is 29.9. The third kappa shape index (κ3) is 4.03. The highest BCUT2D eigenvalue weighted by atomic mass is 16.5. The lowest BCUT2D eigenvalue weighted by molar-refractivity contribution is -0.0898. The van der Waals surface area contributed by atoms with E-state index in [1.165, 1.54) is 37.8 Å². The summed E-state index contributed by atoms with van der Waals surface area (Å²) in [6.07, 6.45) is 7.96. The minimum Gasteiger partial charge on any atom is -0.389 e. The summed E-state index contributed by atoms with van der Waals surface area (Å²) in [5.41, 5.74) is 4.03. The summed E-state index contributed by atoms with van der Waals surface area (Å²) in [6, 6.07) is 7.81. The zero-order valence-corrected chi connectivity index (χ0v) is 17.1. The molecule has 3 aliphatic rings. The van der Waals surface area contributed by atoms with Crippen molar-refractivity contribution in [3.63, 3.8) is 0 Å². The van der Waals surface area contributed by atoms with Gasteiger partial charge in [-0.2, -0.15) is 0 Å². The second kappa shape index (κ2) is 8.10. The number of aryl methyl sites for hydroxylation is 2. The van der Waals surface area contributed by atoms with Gasteiger partial charge in [0.25, 0.3) is 0 Å². The molecule has 1 aliphatic carbocycles. The van der Waals surface area contributed by atoms with Crippen molar-refractivity contribution >= 4 is 5.69 Å². The summed E-state index contributed by atoms with van der Waals surface area (Å²) in [5, 5.41) is 10.9. The predicted molar refractivity (Wildman–Crippen MR) is 110 cm³/mol. The van der Waals surface area contributed by atoms with Crippen LogP contribution in [0, 0.1) is 5.92 Å². The molecule has 2 aliphatic heterocycles. The second-order valence-corrected chi connectivity index (χ2v) is 9.02. The van der Waals surface area contributed by atoms with Gasteiger partial charge in [-0.05, 0) is 74.1 Å². The largest absolute Gasteiger partial charge is 0.389 e. The molecule has 2 fully saturated rings. The molecule has 2 atom stereocenters. The molecule has 0 aromatic heterocycles. The Bertz CT molecular complexity index is 641. The number of methoxy groups -OCH3 is 1. The van der Waals surface area contributed by atoms with Crippen LogP contribution in [-0.4, -0.2) is 61.5 Å². The third-order valence-corrected chi connectivity index (χ3v) is 7.42. The van der Waals surface area contributed by atoms with Crippen LogP contribution < -0.4 is 4.90 Å². The molecule has 0 radical (unpaired) electrons. The van der Waals surface area contributed by atoms with E-state index in [1.54, 1.807) is 18.2 Å². The molecule has 4 rings (SSSR count). The number of ether oxygens (including phenoxy) is 1. The van der Waals surface area contributed by atoms with Crippen LogP contribution in [0.25, 0.3) is 0 Å². The van der Waals surface area contributed by atoms with E-state index in [0.717, 1.165) is 39.0 Å². The lowest BCUT2D eigenvalue weighted by Crippen LogP contribution is -2.55. The molecule has 0 amide bonds. The lowest BCUT2D eigenvalue weighted by atomic mass is 9.79. The van der Waals surface area contributed by atoms with Crippen LogP contribution in [0.15, 0.2) is 18.2 Å². The Balaban J connectivity index is 1.31. The molecule has 0 bridgehead atoms. The number of hydrogen-bond acceptors (Lipinski definition) is 4. The molecule has 2 heterocycles. The maximum Gasteiger partial charge on any atom is 0.0719 e. The fourth-order valence-corrected chi connectivity index (χ4v) is 5.42. The first-order chi connectivity index (χ1) is 13.1. The van der Waals surface area contributed by atoms with Crippen molar-refractivity contribution in [3.05, 3.63) is 29.3 Å². The molecule has 1 N–H and O–H groups in total. The molecule has 1 aromatic rings. The monoisotopic (exact) mass is 372 g/mol. The Morgan fingerprint density at radius 1 is 1.15 bits per heavy atom. The van der Waals surface area contributed by atoms with Crippen molar-refractivity contribution in [2.75, 3.05) is 44.8 Å². The first kappa shape index (κ1) is 19.2. The van der Waals surface area contributed by atoms with Gasteiger partial charge in [0.05, 0.1) is 5.60 Å². The third-order valence-electron chi connectivity index (χ3n) is 7.42. The van der Waals surface area contributed by atoms with E-state index >= 15 is 0 Å². The SMILES string of the molecule is COCC[C@]1(O)CCN(C2CCN(c3ccc4c(c3)CCC4)CC2)C[C@H]1C. The van der Waals surface area contributed by atoms with E-state index < -0.39 is 5.60 Å². The highest BCUT2D eigenvalue weighted by molar-refractivity contribution is 5.52. The van der Waals surface area contributed by atoms with Gasteiger partial charge in [0, 0.05) is 51.6 Å². The average molecular weight is 373 g/mol. The van der Waals surface area contributed by atoms with E-state index in [0.29, 0.717) is 18.6 Å². The molecule has 0 spiro atoms. The van der Waals surface area contributed by atoms with Crippen molar-refractivity contribution < 1.29 is 9.84 Å². The minimum absolute atomic E-state index is 0.316. The molecule has 4 heteroatoms. The van der Waals surface area contributed by atoms with Crippen LogP contribution in [0.4, 0.5) is 5.69 Å². The first-order valence-corrected chi connectivity index (χ1v) is 10.9. The van der Waals surface area contributed by atoms with Gasteiger partial charge in [-0.15, -0.1) is 0 Å². The number of rotatable bonds is 5. The number of fused-ring (bicyclic) bond motifs is 1. The molecule has 0 saturated carbocycles. The Morgan fingerprint density at radius 3 is 2.67 bits per heavy atom. The topological polar surface area (TPSA) is 35.9 Å². The second-order valence-electron chi connectivity index (χ2n) is 9.02. The van der Waals surface area contributed by atoms with Crippen molar-refractivity contribution in [1.29, 1.82) is 0 Å². The Hall–Kier alpha value is -1.10. The molecule has 1 aromatic carbocycles. The Labute approximate surface area is 164 Å². The maximum atomic E-state index is 10.9. The molecule has 150 valence electrons. The zero-order valence-electron chi connectivity index (χ0n) is 17.1. The molecule has 2 saturated heterocycles. The van der Waals surface area contributed by atoms with Crippen molar-refractivity contribution in [3.8, 4) is 0 Å². The van der Waals surface area contributed by atoms with Crippen LogP contribution >= 0.6 is 0 Å². The predicted octanol–water partition coefficient (Wildman–Crippen LogP) is 3.25. The smallest absolute Gasteiger partial charge is 0.0719 e. The molecule has 4 nitrogen and oxygen atoms in total. The fraction of sp³-hybridized carbons (Fsp3) is 0.739. The average Bonchev–Trinajstić information content (AvgIpc) is 3.17. The van der Waals surface area contributed by atoms with Gasteiger partial charge in [0.2, 0.25) is 0 Å². The standard InChI is InChI=1S/C23H36N2O2/c1-18-17-25(14-10-23(18,26)11-15-27-2)21-8-12-24(13-9-21)22-7-6-19-4-3-5-20(19)16-22/h6-7,16,18,21,26H,3-5,8-15,17H2,1-2H3/t18-,23-/m1/s1. The summed E-state index contributed by atoms with van der Waals surface area (Å²) in [5.74, 6) is 0.316. The van der Waals surface area contributed by atoms with Gasteiger partial charge in [-0.1, -0.05) is 13.0 Å². The lowest BCUT2D eigenvalue weighted by Gasteiger charge is -2.48.